The van der Waals surface area contributed by atoms with Crippen LogP contribution in [0.25, 0.3) is 0 Å². The summed E-state index contributed by atoms with van der Waals surface area (Å²) in [6.07, 6.45) is 0.534. The van der Waals surface area contributed by atoms with Crippen molar-refractivity contribution in [3.8, 4) is 0 Å². The minimum Gasteiger partial charge on any atom is -0.368 e. The molecule has 0 spiro atoms. The summed E-state index contributed by atoms with van der Waals surface area (Å²) in [5.41, 5.74) is 10.9. The van der Waals surface area contributed by atoms with Gasteiger partial charge in [-0.05, 0) is 18.3 Å². The Kier molecular flexibility index (Phi) is 6.03. The monoisotopic (exact) mass is 229 g/mol. The van der Waals surface area contributed by atoms with E-state index >= 15 is 0 Å². The predicted octanol–water partition coefficient (Wildman–Crippen LogP) is -0.0141. The highest BCUT2D eigenvalue weighted by Crippen LogP contribution is 2.05. The summed E-state index contributed by atoms with van der Waals surface area (Å²) in [5.74, 6) is -0.516. The fourth-order valence-corrected chi connectivity index (χ4v) is 1.29. The van der Waals surface area contributed by atoms with E-state index in [1.807, 2.05) is 27.7 Å². The molecule has 0 aromatic rings. The zero-order chi connectivity index (χ0) is 12.9. The van der Waals surface area contributed by atoms with Crippen LogP contribution in [0.5, 0.6) is 0 Å². The summed E-state index contributed by atoms with van der Waals surface area (Å²) < 4.78 is 0. The van der Waals surface area contributed by atoms with Crippen molar-refractivity contribution in [3.05, 3.63) is 0 Å². The van der Waals surface area contributed by atoms with Gasteiger partial charge >= 0.3 is 0 Å². The normalized spacial score (nSPS) is 14.9. The maximum absolute atomic E-state index is 11.6. The Morgan fingerprint density at radius 3 is 2.00 bits per heavy atom. The van der Waals surface area contributed by atoms with Gasteiger partial charge in [0.05, 0.1) is 6.04 Å². The highest BCUT2D eigenvalue weighted by molar-refractivity contribution is 5.88. The molecule has 0 aliphatic carbocycles. The van der Waals surface area contributed by atoms with Crippen LogP contribution in [-0.4, -0.2) is 23.9 Å². The maximum Gasteiger partial charge on any atom is 0.240 e. The number of carbonyl (C=O) groups is 2. The topological polar surface area (TPSA) is 98.2 Å². The molecule has 2 atom stereocenters. The van der Waals surface area contributed by atoms with Gasteiger partial charge < -0.3 is 16.8 Å². The van der Waals surface area contributed by atoms with Gasteiger partial charge in [-0.15, -0.1) is 0 Å². The number of nitrogens with one attached hydrogen (secondary N) is 1. The highest BCUT2D eigenvalue weighted by atomic mass is 16.2. The first-order valence-electron chi connectivity index (χ1n) is 5.61. The molecular weight excluding hydrogens is 206 g/mol. The van der Waals surface area contributed by atoms with E-state index < -0.39 is 18.0 Å². The number of rotatable bonds is 6. The molecule has 0 aliphatic heterocycles. The molecule has 2 amide bonds. The molecule has 5 nitrogen and oxygen atoms in total. The van der Waals surface area contributed by atoms with E-state index in [1.54, 1.807) is 0 Å². The summed E-state index contributed by atoms with van der Waals surface area (Å²) in [4.78, 5) is 22.8. The fraction of sp³-hybridized carbons (Fsp3) is 0.818. The van der Waals surface area contributed by atoms with Crippen molar-refractivity contribution < 1.29 is 9.59 Å². The van der Waals surface area contributed by atoms with Gasteiger partial charge in [0.1, 0.15) is 6.04 Å². The van der Waals surface area contributed by atoms with E-state index in [1.165, 1.54) is 0 Å². The minimum absolute atomic E-state index is 0.0348. The van der Waals surface area contributed by atoms with Crippen LogP contribution in [0.1, 0.15) is 34.1 Å². The first-order chi connectivity index (χ1) is 7.25. The quantitative estimate of drug-likeness (QED) is 0.597. The lowest BCUT2D eigenvalue weighted by Gasteiger charge is -2.21. The fourth-order valence-electron chi connectivity index (χ4n) is 1.29. The first kappa shape index (κ1) is 14.9. The molecule has 5 heteroatoms. The Labute approximate surface area is 96.9 Å². The molecule has 5 N–H and O–H groups in total. The second kappa shape index (κ2) is 6.48. The summed E-state index contributed by atoms with van der Waals surface area (Å²) in [7, 11) is 0. The van der Waals surface area contributed by atoms with E-state index in [2.05, 4.69) is 5.32 Å². The highest BCUT2D eigenvalue weighted by Gasteiger charge is 2.24. The first-order valence-corrected chi connectivity index (χ1v) is 5.61. The van der Waals surface area contributed by atoms with E-state index in [9.17, 15) is 9.59 Å². The van der Waals surface area contributed by atoms with Crippen LogP contribution in [0.2, 0.25) is 0 Å². The summed E-state index contributed by atoms with van der Waals surface area (Å²) >= 11 is 0. The summed E-state index contributed by atoms with van der Waals surface area (Å²) in [5, 5.41) is 2.59. The van der Waals surface area contributed by atoms with Gasteiger partial charge in [0.15, 0.2) is 0 Å². The molecule has 0 saturated carbocycles. The zero-order valence-corrected chi connectivity index (χ0v) is 10.5. The van der Waals surface area contributed by atoms with Gasteiger partial charge in [-0.25, -0.2) is 0 Å². The molecule has 0 saturated heterocycles. The summed E-state index contributed by atoms with van der Waals surface area (Å²) in [6, 6.07) is -1.23. The molecule has 0 fully saturated rings. The largest absolute Gasteiger partial charge is 0.368 e. The van der Waals surface area contributed by atoms with Crippen molar-refractivity contribution in [2.24, 2.45) is 23.3 Å². The molecule has 0 unspecified atom stereocenters. The number of hydrogen-bond donors (Lipinski definition) is 3. The van der Waals surface area contributed by atoms with E-state index in [4.69, 9.17) is 11.5 Å². The Bertz CT molecular complexity index is 252. The third-order valence-corrected chi connectivity index (χ3v) is 2.39. The maximum atomic E-state index is 11.6. The molecule has 94 valence electrons. The van der Waals surface area contributed by atoms with Crippen molar-refractivity contribution in [2.75, 3.05) is 0 Å². The molecule has 0 radical (unpaired) electrons. The Morgan fingerprint density at radius 2 is 1.69 bits per heavy atom. The van der Waals surface area contributed by atoms with Gasteiger partial charge in [-0.3, -0.25) is 9.59 Å². The van der Waals surface area contributed by atoms with Crippen molar-refractivity contribution in [2.45, 2.75) is 46.2 Å². The van der Waals surface area contributed by atoms with Crippen molar-refractivity contribution in [1.29, 1.82) is 0 Å². The average molecular weight is 229 g/mol. The second-order valence-electron chi connectivity index (χ2n) is 4.86. The smallest absolute Gasteiger partial charge is 0.240 e. The third kappa shape index (κ3) is 5.11. The van der Waals surface area contributed by atoms with Crippen LogP contribution in [0, 0.1) is 11.8 Å². The van der Waals surface area contributed by atoms with Crippen LogP contribution in [0.4, 0.5) is 0 Å². The molecule has 0 heterocycles. The lowest BCUT2D eigenvalue weighted by atomic mass is 10.0. The number of primary amides is 1. The standard InChI is InChI=1S/C11H23N3O2/c1-6(2)5-8(10(13)15)14-11(16)9(12)7(3)4/h6-9H,5,12H2,1-4H3,(H2,13,15)(H,14,16)/t8-,9-/m0/s1. The number of amides is 2. The van der Waals surface area contributed by atoms with Crippen LogP contribution in [0.3, 0.4) is 0 Å². The minimum atomic E-state index is -0.628. The van der Waals surface area contributed by atoms with Gasteiger partial charge in [0.2, 0.25) is 11.8 Å². The van der Waals surface area contributed by atoms with E-state index in [0.717, 1.165) is 0 Å². The van der Waals surface area contributed by atoms with Gasteiger partial charge in [0.25, 0.3) is 0 Å². The average Bonchev–Trinajstić information content (AvgIpc) is 2.14. The Hall–Kier alpha value is -1.10. The van der Waals surface area contributed by atoms with Crippen LogP contribution in [-0.2, 0) is 9.59 Å². The van der Waals surface area contributed by atoms with Crippen LogP contribution < -0.4 is 16.8 Å². The second-order valence-corrected chi connectivity index (χ2v) is 4.86. The van der Waals surface area contributed by atoms with Gasteiger partial charge in [-0.2, -0.15) is 0 Å². The molecule has 0 bridgehead atoms. The van der Waals surface area contributed by atoms with Crippen LogP contribution >= 0.6 is 0 Å². The third-order valence-electron chi connectivity index (χ3n) is 2.39. The molecule has 0 aromatic heterocycles. The van der Waals surface area contributed by atoms with Crippen molar-refractivity contribution in [3.63, 3.8) is 0 Å². The zero-order valence-electron chi connectivity index (χ0n) is 10.5. The van der Waals surface area contributed by atoms with Gasteiger partial charge in [-0.1, -0.05) is 27.7 Å². The number of carbonyl (C=O) groups excluding carboxylic acids is 2. The SMILES string of the molecule is CC(C)C[C@H](NC(=O)[C@@H](N)C(C)C)C(N)=O. The lowest BCUT2D eigenvalue weighted by molar-refractivity contribution is -0.129. The molecule has 0 aliphatic rings. The van der Waals surface area contributed by atoms with Crippen molar-refractivity contribution in [1.82, 2.24) is 5.32 Å². The Balaban J connectivity index is 4.40. The number of hydrogen-bond acceptors (Lipinski definition) is 3. The number of nitrogens with two attached hydrogens (primary N) is 2. The molecule has 16 heavy (non-hydrogen) atoms. The molecule has 0 rings (SSSR count). The van der Waals surface area contributed by atoms with Gasteiger partial charge in [0, 0.05) is 0 Å². The lowest BCUT2D eigenvalue weighted by Crippen LogP contribution is -2.52. The van der Waals surface area contributed by atoms with E-state index in [0.29, 0.717) is 6.42 Å². The van der Waals surface area contributed by atoms with Crippen molar-refractivity contribution >= 4 is 11.8 Å². The van der Waals surface area contributed by atoms with Crippen LogP contribution in [0.15, 0.2) is 0 Å². The predicted molar refractivity (Wildman–Crippen MR) is 63.4 cm³/mol. The molecular formula is C11H23N3O2. The summed E-state index contributed by atoms with van der Waals surface area (Å²) in [6.45, 7) is 7.63. The molecule has 0 aromatic carbocycles. The Morgan fingerprint density at radius 1 is 1.19 bits per heavy atom. The van der Waals surface area contributed by atoms with E-state index in [-0.39, 0.29) is 17.7 Å².